The number of anilines is 1. The van der Waals surface area contributed by atoms with E-state index in [1.54, 1.807) is 12.1 Å². The topological polar surface area (TPSA) is 64.9 Å². The molecule has 1 aliphatic rings. The van der Waals surface area contributed by atoms with Gasteiger partial charge in [-0.25, -0.2) is 4.39 Å². The van der Waals surface area contributed by atoms with Crippen LogP contribution in [0.3, 0.4) is 0 Å². The molecule has 1 aromatic rings. The molecule has 4 nitrogen and oxygen atoms in total. The zero-order valence-electron chi connectivity index (χ0n) is 11.7. The Morgan fingerprint density at radius 1 is 1.55 bits per heavy atom. The molecule has 20 heavy (non-hydrogen) atoms. The van der Waals surface area contributed by atoms with Gasteiger partial charge in [0.25, 0.3) is 0 Å². The van der Waals surface area contributed by atoms with Gasteiger partial charge in [-0.05, 0) is 31.0 Å². The summed E-state index contributed by atoms with van der Waals surface area (Å²) in [5.41, 5.74) is -0.380. The highest BCUT2D eigenvalue weighted by atomic mass is 19.1. The summed E-state index contributed by atoms with van der Waals surface area (Å²) < 4.78 is 13.5. The number of halogens is 1. The van der Waals surface area contributed by atoms with Crippen LogP contribution in [0.2, 0.25) is 0 Å². The minimum Gasteiger partial charge on any atom is -0.324 e. The first kappa shape index (κ1) is 14.5. The second-order valence-corrected chi connectivity index (χ2v) is 5.47. The third-order valence-electron chi connectivity index (χ3n) is 4.12. The first-order valence-corrected chi connectivity index (χ1v) is 6.72. The zero-order chi connectivity index (χ0) is 14.8. The molecule has 0 spiro atoms. The molecule has 106 valence electrons. The van der Waals surface area contributed by atoms with Gasteiger partial charge in [0.2, 0.25) is 5.91 Å². The van der Waals surface area contributed by atoms with E-state index >= 15 is 0 Å². The highest BCUT2D eigenvalue weighted by molar-refractivity contribution is 5.97. The van der Waals surface area contributed by atoms with E-state index in [0.29, 0.717) is 6.54 Å². The van der Waals surface area contributed by atoms with Crippen LogP contribution in [-0.2, 0) is 4.79 Å². The number of nitrogens with zero attached hydrogens (tertiary/aromatic N) is 1. The molecular weight excluding hydrogens is 257 g/mol. The number of carbonyl (C=O) groups is 1. The number of nitrogens with one attached hydrogen (secondary N) is 2. The highest BCUT2D eigenvalue weighted by Gasteiger charge is 2.44. The van der Waals surface area contributed by atoms with Crippen molar-refractivity contribution in [3.63, 3.8) is 0 Å². The molecule has 5 heteroatoms. The molecule has 2 N–H and O–H groups in total. The number of hydrogen-bond donors (Lipinski definition) is 2. The molecule has 1 aromatic carbocycles. The Balaban J connectivity index is 2.28. The van der Waals surface area contributed by atoms with Crippen molar-refractivity contribution in [2.24, 2.45) is 11.3 Å². The SMILES string of the molecule is CC(C)C1(C(=O)Nc2cccc(F)c2C#N)CCNC1. The Kier molecular flexibility index (Phi) is 4.05. The lowest BCUT2D eigenvalue weighted by Gasteiger charge is -2.31. The average molecular weight is 275 g/mol. The molecule has 1 fully saturated rings. The molecule has 1 saturated heterocycles. The first-order valence-electron chi connectivity index (χ1n) is 6.72. The summed E-state index contributed by atoms with van der Waals surface area (Å²) >= 11 is 0. The van der Waals surface area contributed by atoms with Crippen molar-refractivity contribution in [1.82, 2.24) is 5.32 Å². The average Bonchev–Trinajstić information content (AvgIpc) is 2.89. The molecule has 1 unspecified atom stereocenters. The van der Waals surface area contributed by atoms with E-state index in [1.807, 2.05) is 13.8 Å². The van der Waals surface area contributed by atoms with Crippen molar-refractivity contribution < 1.29 is 9.18 Å². The summed E-state index contributed by atoms with van der Waals surface area (Å²) in [6.07, 6.45) is 0.744. The van der Waals surface area contributed by atoms with Crippen molar-refractivity contribution >= 4 is 11.6 Å². The number of benzene rings is 1. The number of hydrogen-bond acceptors (Lipinski definition) is 3. The predicted octanol–water partition coefficient (Wildman–Crippen LogP) is 2.27. The second kappa shape index (κ2) is 5.59. The Morgan fingerprint density at radius 2 is 2.30 bits per heavy atom. The fourth-order valence-electron chi connectivity index (χ4n) is 2.65. The highest BCUT2D eigenvalue weighted by Crippen LogP contribution is 2.35. The third kappa shape index (κ3) is 2.39. The summed E-state index contributed by atoms with van der Waals surface area (Å²) in [6.45, 7) is 5.40. The van der Waals surface area contributed by atoms with Gasteiger partial charge in [-0.15, -0.1) is 0 Å². The van der Waals surface area contributed by atoms with Gasteiger partial charge >= 0.3 is 0 Å². The van der Waals surface area contributed by atoms with Gasteiger partial charge < -0.3 is 10.6 Å². The van der Waals surface area contributed by atoms with E-state index in [0.717, 1.165) is 13.0 Å². The maximum atomic E-state index is 13.5. The van der Waals surface area contributed by atoms with Crippen LogP contribution < -0.4 is 10.6 Å². The molecule has 1 atom stereocenters. The van der Waals surface area contributed by atoms with Crippen LogP contribution in [0.1, 0.15) is 25.8 Å². The van der Waals surface area contributed by atoms with Gasteiger partial charge in [0.1, 0.15) is 17.4 Å². The molecule has 0 radical (unpaired) electrons. The van der Waals surface area contributed by atoms with Gasteiger partial charge in [0.05, 0.1) is 11.1 Å². The molecule has 0 bridgehead atoms. The fourth-order valence-corrected chi connectivity index (χ4v) is 2.65. The summed E-state index contributed by atoms with van der Waals surface area (Å²) in [5.74, 6) is -0.607. The van der Waals surface area contributed by atoms with Gasteiger partial charge in [0.15, 0.2) is 0 Å². The lowest BCUT2D eigenvalue weighted by molar-refractivity contribution is -0.126. The molecule has 0 aliphatic carbocycles. The van der Waals surface area contributed by atoms with E-state index in [2.05, 4.69) is 10.6 Å². The summed E-state index contributed by atoms with van der Waals surface area (Å²) in [4.78, 5) is 12.6. The standard InChI is InChI=1S/C15H18FN3O/c1-10(2)15(6-7-18-9-15)14(20)19-13-5-3-4-12(16)11(13)8-17/h3-5,10,18H,6-7,9H2,1-2H3,(H,19,20). The van der Waals surface area contributed by atoms with Crippen molar-refractivity contribution in [3.8, 4) is 6.07 Å². The smallest absolute Gasteiger partial charge is 0.232 e. The first-order chi connectivity index (χ1) is 9.51. The normalized spacial score (nSPS) is 21.8. The van der Waals surface area contributed by atoms with Crippen LogP contribution in [0, 0.1) is 28.5 Å². The van der Waals surface area contributed by atoms with Gasteiger partial charge in [-0.3, -0.25) is 4.79 Å². The number of amides is 1. The molecule has 2 rings (SSSR count). The number of carbonyl (C=O) groups excluding carboxylic acids is 1. The zero-order valence-corrected chi connectivity index (χ0v) is 11.7. The van der Waals surface area contributed by atoms with Crippen molar-refractivity contribution in [2.75, 3.05) is 18.4 Å². The lowest BCUT2D eigenvalue weighted by Crippen LogP contribution is -2.42. The predicted molar refractivity (Wildman–Crippen MR) is 74.5 cm³/mol. The monoisotopic (exact) mass is 275 g/mol. The molecule has 0 saturated carbocycles. The van der Waals surface area contributed by atoms with Crippen molar-refractivity contribution in [3.05, 3.63) is 29.6 Å². The maximum absolute atomic E-state index is 13.5. The third-order valence-corrected chi connectivity index (χ3v) is 4.12. The molecule has 1 aliphatic heterocycles. The Hall–Kier alpha value is -1.93. The van der Waals surface area contributed by atoms with Crippen LogP contribution in [0.25, 0.3) is 0 Å². The van der Waals surface area contributed by atoms with Gasteiger partial charge in [-0.2, -0.15) is 5.26 Å². The Morgan fingerprint density at radius 3 is 2.85 bits per heavy atom. The van der Waals surface area contributed by atoms with Crippen molar-refractivity contribution in [2.45, 2.75) is 20.3 Å². The minimum atomic E-state index is -0.617. The van der Waals surface area contributed by atoms with Crippen LogP contribution in [-0.4, -0.2) is 19.0 Å². The maximum Gasteiger partial charge on any atom is 0.232 e. The van der Waals surface area contributed by atoms with Crippen molar-refractivity contribution in [1.29, 1.82) is 5.26 Å². The Bertz CT molecular complexity index is 557. The largest absolute Gasteiger partial charge is 0.324 e. The van der Waals surface area contributed by atoms with Crippen LogP contribution in [0.5, 0.6) is 0 Å². The Labute approximate surface area is 118 Å². The quantitative estimate of drug-likeness (QED) is 0.889. The molecule has 1 amide bonds. The van der Waals surface area contributed by atoms with E-state index in [9.17, 15) is 9.18 Å². The summed E-state index contributed by atoms with van der Waals surface area (Å²) in [7, 11) is 0. The molecular formula is C15H18FN3O. The van der Waals surface area contributed by atoms with Crippen LogP contribution >= 0.6 is 0 Å². The molecule has 0 aromatic heterocycles. The van der Waals surface area contributed by atoms with E-state index < -0.39 is 11.2 Å². The second-order valence-electron chi connectivity index (χ2n) is 5.47. The number of rotatable bonds is 3. The van der Waals surface area contributed by atoms with E-state index in [4.69, 9.17) is 5.26 Å². The van der Waals surface area contributed by atoms with E-state index in [1.165, 1.54) is 12.1 Å². The van der Waals surface area contributed by atoms with Crippen LogP contribution in [0.4, 0.5) is 10.1 Å². The lowest BCUT2D eigenvalue weighted by atomic mass is 9.75. The number of nitriles is 1. The minimum absolute atomic E-state index is 0.120. The molecule has 1 heterocycles. The van der Waals surface area contributed by atoms with E-state index in [-0.39, 0.29) is 23.1 Å². The van der Waals surface area contributed by atoms with Gasteiger partial charge in [-0.1, -0.05) is 19.9 Å². The fraction of sp³-hybridized carbons (Fsp3) is 0.467. The van der Waals surface area contributed by atoms with Gasteiger partial charge in [0, 0.05) is 6.54 Å². The van der Waals surface area contributed by atoms with Crippen LogP contribution in [0.15, 0.2) is 18.2 Å². The summed E-state index contributed by atoms with van der Waals surface area (Å²) in [6, 6.07) is 6.05. The summed E-state index contributed by atoms with van der Waals surface area (Å²) in [5, 5.41) is 14.9.